The van der Waals surface area contributed by atoms with E-state index in [1.807, 2.05) is 98.8 Å². The molecule has 0 aliphatic heterocycles. The molecule has 0 N–H and O–H groups in total. The highest BCUT2D eigenvalue weighted by Crippen LogP contribution is 2.32. The molecule has 0 aliphatic rings. The predicted octanol–water partition coefficient (Wildman–Crippen LogP) is 7.49. The summed E-state index contributed by atoms with van der Waals surface area (Å²) in [6.45, 7) is 5.25. The van der Waals surface area contributed by atoms with Gasteiger partial charge in [-0.3, -0.25) is 0 Å². The van der Waals surface area contributed by atoms with Crippen LogP contribution in [0.5, 0.6) is 0 Å². The van der Waals surface area contributed by atoms with Crippen molar-refractivity contribution in [2.75, 3.05) is 52.2 Å². The van der Waals surface area contributed by atoms with Gasteiger partial charge in [0.1, 0.15) is 4.91 Å². The number of hydrogen-bond donors (Lipinski definition) is 0. The predicted molar refractivity (Wildman–Crippen MR) is 223 cm³/mol. The number of para-hydroxylation sites is 2. The highest BCUT2D eigenvalue weighted by atomic mass is 32.2. The summed E-state index contributed by atoms with van der Waals surface area (Å²) in [4.78, 5) is 22.8. The number of benzene rings is 4. The second-order valence-corrected chi connectivity index (χ2v) is 17.9. The number of rotatable bonds is 20. The average molecular weight is 827 g/mol. The van der Waals surface area contributed by atoms with Crippen molar-refractivity contribution in [3.8, 4) is 33.9 Å². The minimum atomic E-state index is -3.31. The highest BCUT2D eigenvalue weighted by Gasteiger charge is 2.19. The van der Waals surface area contributed by atoms with Gasteiger partial charge < -0.3 is 18.6 Å². The molecular weight excluding hydrogens is 779 g/mol. The molecule has 6 aromatic rings. The topological polar surface area (TPSA) is 135 Å². The van der Waals surface area contributed by atoms with Gasteiger partial charge in [-0.1, -0.05) is 60.7 Å². The van der Waals surface area contributed by atoms with Gasteiger partial charge in [-0.15, -0.1) is 0 Å². The molecule has 0 spiro atoms. The smallest absolute Gasteiger partial charge is 0.377 e. The first-order chi connectivity index (χ1) is 27.8. The Labute approximate surface area is 339 Å². The van der Waals surface area contributed by atoms with E-state index in [0.29, 0.717) is 26.1 Å². The van der Waals surface area contributed by atoms with Crippen LogP contribution in [0.2, 0.25) is 0 Å². The zero-order chi connectivity index (χ0) is 41.3. The van der Waals surface area contributed by atoms with Crippen LogP contribution in [0, 0.1) is 18.8 Å². The van der Waals surface area contributed by atoms with E-state index in [1.165, 1.54) is 12.5 Å². The maximum atomic E-state index is 12.1. The molecule has 0 bridgehead atoms. The van der Waals surface area contributed by atoms with Gasteiger partial charge in [0.05, 0.1) is 47.6 Å². The molecule has 0 amide bonds. The SMILES string of the molecule is Cc1c(CCOCCO[N+](=O)OCCOCCc2cc(-c3ccc(S(C)(=O)=O)cc3)n(-c3ccccc3)c2C)cc(-c2ccc(S(C)(=O)=O)cc2)n1-c1ccccc1. The fourth-order valence-electron chi connectivity index (χ4n) is 6.76. The van der Waals surface area contributed by atoms with Crippen LogP contribution in [-0.2, 0) is 51.7 Å². The van der Waals surface area contributed by atoms with Crippen LogP contribution in [0.4, 0.5) is 0 Å². The summed E-state index contributed by atoms with van der Waals surface area (Å²) in [5.74, 6) is 0. The van der Waals surface area contributed by atoms with Gasteiger partial charge >= 0.3 is 5.09 Å². The lowest BCUT2D eigenvalue weighted by atomic mass is 10.1. The first kappa shape index (κ1) is 42.1. The zero-order valence-corrected chi connectivity index (χ0v) is 34.7. The molecule has 2 heterocycles. The van der Waals surface area contributed by atoms with Crippen molar-refractivity contribution in [2.24, 2.45) is 0 Å². The van der Waals surface area contributed by atoms with Crippen LogP contribution in [0.3, 0.4) is 0 Å². The third-order valence-corrected chi connectivity index (χ3v) is 12.0. The van der Waals surface area contributed by atoms with Crippen LogP contribution in [0.25, 0.3) is 33.9 Å². The third kappa shape index (κ3) is 10.5. The summed E-state index contributed by atoms with van der Waals surface area (Å²) in [5.41, 5.74) is 9.87. The fraction of sp³-hybridized carbons (Fsp3) is 0.273. The van der Waals surface area contributed by atoms with E-state index in [4.69, 9.17) is 19.1 Å². The Bertz CT molecular complexity index is 2360. The normalized spacial score (nSPS) is 11.8. The van der Waals surface area contributed by atoms with Crippen molar-refractivity contribution >= 4 is 19.7 Å². The van der Waals surface area contributed by atoms with Gasteiger partial charge in [0.15, 0.2) is 32.9 Å². The monoisotopic (exact) mass is 826 g/mol. The summed E-state index contributed by atoms with van der Waals surface area (Å²) >= 11 is 0. The Morgan fingerprint density at radius 2 is 0.862 bits per heavy atom. The van der Waals surface area contributed by atoms with Crippen LogP contribution < -0.4 is 0 Å². The summed E-state index contributed by atoms with van der Waals surface area (Å²) in [5, 5.41) is 0.0730. The molecule has 0 fully saturated rings. The summed E-state index contributed by atoms with van der Waals surface area (Å²) in [6.07, 6.45) is 3.62. The van der Waals surface area contributed by atoms with Gasteiger partial charge in [0, 0.05) is 35.3 Å². The molecule has 0 aliphatic carbocycles. The molecule has 12 nitrogen and oxygen atoms in total. The van der Waals surface area contributed by atoms with Crippen LogP contribution in [0.15, 0.2) is 131 Å². The minimum Gasteiger partial charge on any atom is -0.377 e. The maximum Gasteiger partial charge on any atom is 0.477 e. The lowest BCUT2D eigenvalue weighted by molar-refractivity contribution is -0.981. The summed E-state index contributed by atoms with van der Waals surface area (Å²) in [6, 6.07) is 37.9. The second kappa shape index (κ2) is 18.8. The molecule has 2 aromatic heterocycles. The first-order valence-corrected chi connectivity index (χ1v) is 22.6. The van der Waals surface area contributed by atoms with Gasteiger partial charge in [0.25, 0.3) is 0 Å². The number of aromatic nitrogens is 2. The van der Waals surface area contributed by atoms with E-state index in [-0.39, 0.29) is 41.3 Å². The number of sulfone groups is 2. The summed E-state index contributed by atoms with van der Waals surface area (Å²) in [7, 11) is -6.62. The first-order valence-electron chi connectivity index (χ1n) is 18.8. The van der Waals surface area contributed by atoms with Crippen molar-refractivity contribution in [2.45, 2.75) is 36.5 Å². The lowest BCUT2D eigenvalue weighted by Gasteiger charge is -2.13. The van der Waals surface area contributed by atoms with E-state index < -0.39 is 19.7 Å². The Balaban J connectivity index is 0.936. The van der Waals surface area contributed by atoms with Crippen molar-refractivity contribution in [3.63, 3.8) is 0 Å². The van der Waals surface area contributed by atoms with Crippen molar-refractivity contribution in [3.05, 3.63) is 149 Å². The van der Waals surface area contributed by atoms with Crippen molar-refractivity contribution in [1.82, 2.24) is 9.13 Å². The van der Waals surface area contributed by atoms with E-state index in [2.05, 4.69) is 21.3 Å². The van der Waals surface area contributed by atoms with Gasteiger partial charge in [-0.25, -0.2) is 16.8 Å². The van der Waals surface area contributed by atoms with Crippen molar-refractivity contribution in [1.29, 1.82) is 0 Å². The van der Waals surface area contributed by atoms with E-state index in [0.717, 1.165) is 56.4 Å². The standard InChI is InChI=1S/C44H48N3O9S2/c1-33-37(31-43(45(33)39-11-7-5-8-12-39)35-15-19-41(20-16-35)57(3,49)50)23-25-53-27-29-55-47(48)56-30-28-54-26-24-38-32-44(36-17-21-42(22-18-36)58(4,51)52)46(34(38)2)40-13-9-6-10-14-40/h5-22,31-32H,23-30H2,1-4H3/q+1. The van der Waals surface area contributed by atoms with E-state index in [1.54, 1.807) is 24.3 Å². The second-order valence-electron chi connectivity index (χ2n) is 13.8. The molecule has 6 rings (SSSR count). The van der Waals surface area contributed by atoms with E-state index >= 15 is 0 Å². The lowest BCUT2D eigenvalue weighted by Crippen LogP contribution is -2.18. The molecular formula is C44H48N3O9S2+. The molecule has 0 saturated carbocycles. The molecule has 0 unspecified atom stereocenters. The van der Waals surface area contributed by atoms with Gasteiger partial charge in [0.2, 0.25) is 0 Å². The van der Waals surface area contributed by atoms with Crippen molar-refractivity contribution < 1.29 is 41.1 Å². The molecule has 58 heavy (non-hydrogen) atoms. The Hall–Kier alpha value is -5.54. The quantitative estimate of drug-likeness (QED) is 0.0567. The zero-order valence-electron chi connectivity index (χ0n) is 33.0. The number of nitrogens with zero attached hydrogens (tertiary/aromatic N) is 3. The van der Waals surface area contributed by atoms with Crippen LogP contribution >= 0.6 is 0 Å². The summed E-state index contributed by atoms with van der Waals surface area (Å²) < 4.78 is 63.9. The Morgan fingerprint density at radius 1 is 0.500 bits per heavy atom. The molecule has 0 atom stereocenters. The molecule has 0 radical (unpaired) electrons. The molecule has 0 saturated heterocycles. The maximum absolute atomic E-state index is 12.1. The third-order valence-electron chi connectivity index (χ3n) is 9.77. The number of hydrogen-bond acceptors (Lipinski definition) is 9. The highest BCUT2D eigenvalue weighted by molar-refractivity contribution is 7.91. The average Bonchev–Trinajstić information content (AvgIpc) is 3.72. The molecule has 4 aromatic carbocycles. The Morgan fingerprint density at radius 3 is 1.21 bits per heavy atom. The minimum absolute atomic E-state index is 0.00327. The Kier molecular flexibility index (Phi) is 13.6. The van der Waals surface area contributed by atoms with Crippen LogP contribution in [0.1, 0.15) is 22.5 Å². The van der Waals surface area contributed by atoms with Gasteiger partial charge in [-0.05, 0) is 110 Å². The van der Waals surface area contributed by atoms with E-state index in [9.17, 15) is 21.7 Å². The number of ether oxygens (including phenoxy) is 2. The van der Waals surface area contributed by atoms with Crippen LogP contribution in [-0.4, -0.2) is 83.2 Å². The van der Waals surface area contributed by atoms with Gasteiger partial charge in [-0.2, -0.15) is 9.68 Å². The fourth-order valence-corrected chi connectivity index (χ4v) is 8.02. The molecule has 304 valence electrons. The molecule has 14 heteroatoms. The largest absolute Gasteiger partial charge is 0.477 e.